The normalized spacial score (nSPS) is 14.8. The minimum absolute atomic E-state index is 0.0660. The Kier molecular flexibility index (Phi) is 5.73. The first-order valence-electron chi connectivity index (χ1n) is 10.4. The van der Waals surface area contributed by atoms with E-state index < -0.39 is 17.0 Å². The fraction of sp³-hybridized carbons (Fsp3) is 0.0385. The molecule has 0 unspecified atom stereocenters. The van der Waals surface area contributed by atoms with Gasteiger partial charge in [0.2, 0.25) is 0 Å². The monoisotopic (exact) mass is 471 g/mol. The molecule has 1 aliphatic heterocycles. The molecule has 1 fully saturated rings. The highest BCUT2D eigenvalue weighted by Gasteiger charge is 2.37. The van der Waals surface area contributed by atoms with Crippen molar-refractivity contribution in [1.29, 1.82) is 0 Å². The minimum atomic E-state index is -0.637. The van der Waals surface area contributed by atoms with Crippen LogP contribution < -0.4 is 9.64 Å². The summed E-state index contributed by atoms with van der Waals surface area (Å²) in [6, 6.07) is 22.7. The van der Waals surface area contributed by atoms with Crippen LogP contribution in [0.4, 0.5) is 14.9 Å². The van der Waals surface area contributed by atoms with Gasteiger partial charge in [-0.3, -0.25) is 9.59 Å². The molecule has 1 aliphatic rings. The zero-order valence-electron chi connectivity index (χ0n) is 18.0. The second-order valence-corrected chi connectivity index (χ2v) is 8.40. The predicted molar refractivity (Wildman–Crippen MR) is 130 cm³/mol. The summed E-state index contributed by atoms with van der Waals surface area (Å²) in [6.07, 6.45) is 3.42. The number of nitrogens with zero attached hydrogens (tertiary/aromatic N) is 3. The van der Waals surface area contributed by atoms with Gasteiger partial charge in [-0.2, -0.15) is 5.10 Å². The van der Waals surface area contributed by atoms with Gasteiger partial charge in [-0.25, -0.2) is 14.0 Å². The van der Waals surface area contributed by atoms with E-state index in [-0.39, 0.29) is 10.6 Å². The SMILES string of the molecule is COc1ccc(-c2nn(-c3ccccc3)cc2/C=C2\SC(=O)N(c3ccccc3F)C2=O)cc1. The van der Waals surface area contributed by atoms with E-state index in [0.29, 0.717) is 17.0 Å². The van der Waals surface area contributed by atoms with Crippen LogP contribution >= 0.6 is 11.8 Å². The van der Waals surface area contributed by atoms with Crippen LogP contribution in [0.25, 0.3) is 23.0 Å². The zero-order valence-corrected chi connectivity index (χ0v) is 18.8. The molecule has 4 aromatic rings. The Bertz CT molecular complexity index is 1410. The van der Waals surface area contributed by atoms with Crippen LogP contribution in [0.2, 0.25) is 0 Å². The molecule has 1 aromatic heterocycles. The fourth-order valence-corrected chi connectivity index (χ4v) is 4.45. The van der Waals surface area contributed by atoms with Gasteiger partial charge >= 0.3 is 0 Å². The van der Waals surface area contributed by atoms with Crippen molar-refractivity contribution in [2.45, 2.75) is 0 Å². The van der Waals surface area contributed by atoms with E-state index in [4.69, 9.17) is 9.84 Å². The number of methoxy groups -OCH3 is 1. The van der Waals surface area contributed by atoms with E-state index >= 15 is 0 Å². The third-order valence-electron chi connectivity index (χ3n) is 5.30. The quantitative estimate of drug-likeness (QED) is 0.338. The van der Waals surface area contributed by atoms with Gasteiger partial charge in [0.1, 0.15) is 11.6 Å². The Morgan fingerprint density at radius 2 is 1.65 bits per heavy atom. The number of hydrogen-bond acceptors (Lipinski definition) is 5. The van der Waals surface area contributed by atoms with Crippen LogP contribution in [0.3, 0.4) is 0 Å². The Balaban J connectivity index is 1.58. The highest BCUT2D eigenvalue weighted by atomic mass is 32.2. The Hall–Kier alpha value is -4.17. The molecule has 168 valence electrons. The molecule has 0 bridgehead atoms. The summed E-state index contributed by atoms with van der Waals surface area (Å²) in [5, 5.41) is 4.18. The third-order valence-corrected chi connectivity index (χ3v) is 6.17. The van der Waals surface area contributed by atoms with Gasteiger partial charge in [0, 0.05) is 17.3 Å². The molecule has 3 aromatic carbocycles. The number of para-hydroxylation sites is 2. The fourth-order valence-electron chi connectivity index (χ4n) is 3.63. The summed E-state index contributed by atoms with van der Waals surface area (Å²) >= 11 is 0.770. The number of hydrogen-bond donors (Lipinski definition) is 0. The lowest BCUT2D eigenvalue weighted by Gasteiger charge is -2.12. The van der Waals surface area contributed by atoms with Gasteiger partial charge in [0.25, 0.3) is 11.1 Å². The van der Waals surface area contributed by atoms with Crippen molar-refractivity contribution in [2.24, 2.45) is 0 Å². The lowest BCUT2D eigenvalue weighted by atomic mass is 10.1. The second-order valence-electron chi connectivity index (χ2n) is 7.41. The topological polar surface area (TPSA) is 64.4 Å². The highest BCUT2D eigenvalue weighted by molar-refractivity contribution is 8.19. The summed E-state index contributed by atoms with van der Waals surface area (Å²) in [4.78, 5) is 26.8. The molecule has 5 rings (SSSR count). The molecule has 0 atom stereocenters. The maximum atomic E-state index is 14.3. The maximum absolute atomic E-state index is 14.3. The molecule has 0 saturated carbocycles. The van der Waals surface area contributed by atoms with Crippen LogP contribution in [-0.2, 0) is 4.79 Å². The second kappa shape index (κ2) is 8.99. The Morgan fingerprint density at radius 3 is 2.35 bits per heavy atom. The first-order chi connectivity index (χ1) is 16.5. The van der Waals surface area contributed by atoms with Gasteiger partial charge in [-0.05, 0) is 66.4 Å². The first-order valence-corrected chi connectivity index (χ1v) is 11.2. The van der Waals surface area contributed by atoms with Crippen molar-refractivity contribution < 1.29 is 18.7 Å². The van der Waals surface area contributed by atoms with Gasteiger partial charge in [0.15, 0.2) is 0 Å². The van der Waals surface area contributed by atoms with Crippen LogP contribution in [0.15, 0.2) is 90.0 Å². The van der Waals surface area contributed by atoms with Crippen molar-refractivity contribution in [3.8, 4) is 22.7 Å². The van der Waals surface area contributed by atoms with Crippen LogP contribution in [-0.4, -0.2) is 28.0 Å². The number of aromatic nitrogens is 2. The molecule has 0 aliphatic carbocycles. The number of carbonyl (C=O) groups excluding carboxylic acids is 2. The molecular weight excluding hydrogens is 453 g/mol. The average molecular weight is 472 g/mol. The number of carbonyl (C=O) groups is 2. The molecule has 34 heavy (non-hydrogen) atoms. The van der Waals surface area contributed by atoms with Crippen LogP contribution in [0.5, 0.6) is 5.75 Å². The first kappa shape index (κ1) is 21.7. The van der Waals surface area contributed by atoms with E-state index in [1.807, 2.05) is 54.6 Å². The molecular formula is C26H18FN3O3S. The van der Waals surface area contributed by atoms with Gasteiger partial charge in [0.05, 0.1) is 29.1 Å². The van der Waals surface area contributed by atoms with Crippen molar-refractivity contribution >= 4 is 34.7 Å². The number of anilines is 1. The Labute approximate surface area is 199 Å². The van der Waals surface area contributed by atoms with Crippen LogP contribution in [0, 0.1) is 5.82 Å². The number of imide groups is 1. The molecule has 2 heterocycles. The largest absolute Gasteiger partial charge is 0.497 e. The van der Waals surface area contributed by atoms with Gasteiger partial charge in [-0.15, -0.1) is 0 Å². The molecule has 2 amide bonds. The number of ether oxygens (including phenoxy) is 1. The highest BCUT2D eigenvalue weighted by Crippen LogP contribution is 2.38. The smallest absolute Gasteiger partial charge is 0.298 e. The maximum Gasteiger partial charge on any atom is 0.298 e. The van der Waals surface area contributed by atoms with E-state index in [2.05, 4.69) is 0 Å². The zero-order chi connectivity index (χ0) is 23.7. The summed E-state index contributed by atoms with van der Waals surface area (Å²) in [6.45, 7) is 0. The summed E-state index contributed by atoms with van der Waals surface area (Å²) in [5.74, 6) is -0.506. The molecule has 8 heteroatoms. The number of halogens is 1. The van der Waals surface area contributed by atoms with Crippen molar-refractivity contribution in [3.05, 3.63) is 101 Å². The minimum Gasteiger partial charge on any atom is -0.497 e. The van der Waals surface area contributed by atoms with E-state index in [1.165, 1.54) is 18.2 Å². The van der Waals surface area contributed by atoms with Crippen molar-refractivity contribution in [3.63, 3.8) is 0 Å². The van der Waals surface area contributed by atoms with Crippen LogP contribution in [0.1, 0.15) is 5.56 Å². The van der Waals surface area contributed by atoms with Gasteiger partial charge in [-0.1, -0.05) is 30.3 Å². The van der Waals surface area contributed by atoms with E-state index in [9.17, 15) is 14.0 Å². The summed E-state index contributed by atoms with van der Waals surface area (Å²) in [7, 11) is 1.59. The number of thioether (sulfide) groups is 1. The number of amides is 2. The van der Waals surface area contributed by atoms with Crippen molar-refractivity contribution in [2.75, 3.05) is 12.0 Å². The molecule has 0 radical (unpaired) electrons. The molecule has 0 spiro atoms. The third kappa shape index (κ3) is 3.99. The molecule has 6 nitrogen and oxygen atoms in total. The van der Waals surface area contributed by atoms with Crippen molar-refractivity contribution in [1.82, 2.24) is 9.78 Å². The Morgan fingerprint density at radius 1 is 0.941 bits per heavy atom. The number of benzene rings is 3. The number of rotatable bonds is 5. The molecule has 0 N–H and O–H groups in total. The summed E-state index contributed by atoms with van der Waals surface area (Å²) < 4.78 is 21.2. The molecule has 1 saturated heterocycles. The lowest BCUT2D eigenvalue weighted by molar-refractivity contribution is -0.113. The van der Waals surface area contributed by atoms with E-state index in [0.717, 1.165) is 27.9 Å². The predicted octanol–water partition coefficient (Wildman–Crippen LogP) is 5.93. The van der Waals surface area contributed by atoms with Gasteiger partial charge < -0.3 is 4.74 Å². The lowest BCUT2D eigenvalue weighted by Crippen LogP contribution is -2.28. The standard InChI is InChI=1S/C26H18FN3O3S/c1-33-20-13-11-17(12-14-20)24-18(16-29(28-24)19-7-3-2-4-8-19)15-23-25(31)30(26(32)34-23)22-10-6-5-9-21(22)27/h2-16H,1H3/b23-15-. The van der Waals surface area contributed by atoms with E-state index in [1.54, 1.807) is 30.1 Å². The summed E-state index contributed by atoms with van der Waals surface area (Å²) in [5.41, 5.74) is 2.87. The average Bonchev–Trinajstić information content (AvgIpc) is 3.41.